The lowest BCUT2D eigenvalue weighted by Crippen LogP contribution is -1.89. The first-order valence-electron chi connectivity index (χ1n) is 4.10. The van der Waals surface area contributed by atoms with Crippen LogP contribution < -0.4 is 4.74 Å². The molecule has 2 rings (SSSR count). The van der Waals surface area contributed by atoms with Crippen molar-refractivity contribution < 1.29 is 9.53 Å². The molecule has 0 bridgehead atoms. The molecule has 0 aliphatic rings. The Hall–Kier alpha value is -1.35. The second kappa shape index (κ2) is 3.80. The molecule has 70 valence electrons. The third-order valence-electron chi connectivity index (χ3n) is 2.00. The predicted molar refractivity (Wildman–Crippen MR) is 58.3 cm³/mol. The highest BCUT2D eigenvalue weighted by molar-refractivity contribution is 9.10. The summed E-state index contributed by atoms with van der Waals surface area (Å²) in [6, 6.07) is 11.4. The molecule has 2 aromatic carbocycles. The van der Waals surface area contributed by atoms with Gasteiger partial charge in [0.05, 0.1) is 0 Å². The molecule has 2 nitrogen and oxygen atoms in total. The highest BCUT2D eigenvalue weighted by Crippen LogP contribution is 2.30. The van der Waals surface area contributed by atoms with Gasteiger partial charge in [0, 0.05) is 9.86 Å². The fourth-order valence-corrected chi connectivity index (χ4v) is 1.90. The van der Waals surface area contributed by atoms with Crippen molar-refractivity contribution >= 4 is 33.2 Å². The molecular weight excluding hydrogens is 244 g/mol. The van der Waals surface area contributed by atoms with Crippen LogP contribution in [-0.4, -0.2) is 6.47 Å². The zero-order chi connectivity index (χ0) is 9.97. The lowest BCUT2D eigenvalue weighted by molar-refractivity contribution is -0.120. The lowest BCUT2D eigenvalue weighted by Gasteiger charge is -2.04. The number of ether oxygens (including phenoxy) is 1. The molecule has 2 aromatic rings. The van der Waals surface area contributed by atoms with Crippen LogP contribution in [0.3, 0.4) is 0 Å². The van der Waals surface area contributed by atoms with E-state index in [0.29, 0.717) is 12.2 Å². The van der Waals surface area contributed by atoms with Crippen LogP contribution in [0.2, 0.25) is 0 Å². The van der Waals surface area contributed by atoms with E-state index in [2.05, 4.69) is 15.9 Å². The second-order valence-corrected chi connectivity index (χ2v) is 3.66. The number of halogens is 1. The van der Waals surface area contributed by atoms with Crippen LogP contribution in [0.5, 0.6) is 5.75 Å². The molecule has 0 aromatic heterocycles. The van der Waals surface area contributed by atoms with Gasteiger partial charge in [-0.2, -0.15) is 0 Å². The van der Waals surface area contributed by atoms with Crippen LogP contribution in [0, 0.1) is 0 Å². The Bertz CT molecular complexity index is 480. The van der Waals surface area contributed by atoms with Crippen molar-refractivity contribution in [3.8, 4) is 5.75 Å². The first-order valence-corrected chi connectivity index (χ1v) is 4.90. The monoisotopic (exact) mass is 250 g/mol. The van der Waals surface area contributed by atoms with Gasteiger partial charge in [0.2, 0.25) is 0 Å². The summed E-state index contributed by atoms with van der Waals surface area (Å²) >= 11 is 3.44. The van der Waals surface area contributed by atoms with Crippen molar-refractivity contribution in [2.24, 2.45) is 0 Å². The largest absolute Gasteiger partial charge is 0.428 e. The number of hydrogen-bond donors (Lipinski definition) is 0. The smallest absolute Gasteiger partial charge is 0.298 e. The minimum Gasteiger partial charge on any atom is -0.428 e. The van der Waals surface area contributed by atoms with Crippen LogP contribution in [-0.2, 0) is 4.79 Å². The standard InChI is InChI=1S/C11H7BrO2/c12-10-5-1-4-9-8(10)3-2-6-11(9)14-7-13/h1-7H. The van der Waals surface area contributed by atoms with Crippen molar-refractivity contribution in [2.75, 3.05) is 0 Å². The number of rotatable bonds is 2. The maximum atomic E-state index is 10.3. The highest BCUT2D eigenvalue weighted by atomic mass is 79.9. The van der Waals surface area contributed by atoms with Crippen molar-refractivity contribution in [1.29, 1.82) is 0 Å². The molecule has 0 heterocycles. The van der Waals surface area contributed by atoms with E-state index < -0.39 is 0 Å². The van der Waals surface area contributed by atoms with E-state index >= 15 is 0 Å². The third-order valence-corrected chi connectivity index (χ3v) is 2.70. The van der Waals surface area contributed by atoms with Gasteiger partial charge < -0.3 is 4.74 Å². The number of benzene rings is 2. The summed E-state index contributed by atoms with van der Waals surface area (Å²) in [7, 11) is 0. The molecule has 0 amide bonds. The maximum absolute atomic E-state index is 10.3. The molecule has 0 atom stereocenters. The van der Waals surface area contributed by atoms with Crippen LogP contribution in [0.4, 0.5) is 0 Å². The summed E-state index contributed by atoms with van der Waals surface area (Å²) in [5.41, 5.74) is 0. The summed E-state index contributed by atoms with van der Waals surface area (Å²) in [4.78, 5) is 10.3. The van der Waals surface area contributed by atoms with Crippen molar-refractivity contribution in [1.82, 2.24) is 0 Å². The molecule has 0 unspecified atom stereocenters. The van der Waals surface area contributed by atoms with E-state index in [1.165, 1.54) is 0 Å². The zero-order valence-electron chi connectivity index (χ0n) is 7.24. The fourth-order valence-electron chi connectivity index (χ4n) is 1.40. The predicted octanol–water partition coefficient (Wildman–Crippen LogP) is 3.14. The van der Waals surface area contributed by atoms with Gasteiger partial charge in [0.25, 0.3) is 6.47 Å². The van der Waals surface area contributed by atoms with Gasteiger partial charge in [-0.3, -0.25) is 4.79 Å². The number of carbonyl (C=O) groups is 1. The highest BCUT2D eigenvalue weighted by Gasteiger charge is 2.03. The zero-order valence-corrected chi connectivity index (χ0v) is 8.82. The molecule has 0 aliphatic heterocycles. The van der Waals surface area contributed by atoms with Gasteiger partial charge in [0.15, 0.2) is 0 Å². The second-order valence-electron chi connectivity index (χ2n) is 2.81. The number of fused-ring (bicyclic) bond motifs is 1. The van der Waals surface area contributed by atoms with Gasteiger partial charge in [-0.1, -0.05) is 40.2 Å². The average molecular weight is 251 g/mol. The van der Waals surface area contributed by atoms with Crippen LogP contribution >= 0.6 is 15.9 Å². The minimum absolute atomic E-state index is 0.440. The van der Waals surface area contributed by atoms with E-state index in [1.807, 2.05) is 30.3 Å². The van der Waals surface area contributed by atoms with Crippen LogP contribution in [0.1, 0.15) is 0 Å². The summed E-state index contributed by atoms with van der Waals surface area (Å²) in [5.74, 6) is 0.582. The fraction of sp³-hybridized carbons (Fsp3) is 0. The summed E-state index contributed by atoms with van der Waals surface area (Å²) < 4.78 is 5.86. The van der Waals surface area contributed by atoms with E-state index in [-0.39, 0.29) is 0 Å². The Morgan fingerprint density at radius 3 is 2.57 bits per heavy atom. The summed E-state index contributed by atoms with van der Waals surface area (Å²) in [6.07, 6.45) is 0. The normalized spacial score (nSPS) is 10.1. The van der Waals surface area contributed by atoms with Gasteiger partial charge in [0.1, 0.15) is 5.75 Å². The molecule has 0 spiro atoms. The molecule has 0 aliphatic carbocycles. The Morgan fingerprint density at radius 2 is 1.79 bits per heavy atom. The van der Waals surface area contributed by atoms with Crippen molar-refractivity contribution in [2.45, 2.75) is 0 Å². The molecule has 3 heteroatoms. The van der Waals surface area contributed by atoms with Gasteiger partial charge in [-0.05, 0) is 17.5 Å². The van der Waals surface area contributed by atoms with E-state index in [4.69, 9.17) is 4.74 Å². The Labute approximate surface area is 89.6 Å². The summed E-state index contributed by atoms with van der Waals surface area (Å²) in [6.45, 7) is 0.440. The molecule has 0 saturated heterocycles. The molecular formula is C11H7BrO2. The molecule has 0 radical (unpaired) electrons. The van der Waals surface area contributed by atoms with Gasteiger partial charge >= 0.3 is 0 Å². The van der Waals surface area contributed by atoms with E-state index in [0.717, 1.165) is 15.2 Å². The molecule has 0 fully saturated rings. The Morgan fingerprint density at radius 1 is 1.07 bits per heavy atom. The van der Waals surface area contributed by atoms with Crippen LogP contribution in [0.15, 0.2) is 40.9 Å². The molecule has 0 saturated carbocycles. The van der Waals surface area contributed by atoms with E-state index in [1.54, 1.807) is 6.07 Å². The maximum Gasteiger partial charge on any atom is 0.298 e. The minimum atomic E-state index is 0.440. The van der Waals surface area contributed by atoms with Crippen molar-refractivity contribution in [3.05, 3.63) is 40.9 Å². The third kappa shape index (κ3) is 1.51. The topological polar surface area (TPSA) is 26.3 Å². The SMILES string of the molecule is O=COc1cccc2c(Br)cccc12. The molecule has 14 heavy (non-hydrogen) atoms. The lowest BCUT2D eigenvalue weighted by atomic mass is 10.1. The Balaban J connectivity index is 2.74. The summed E-state index contributed by atoms with van der Waals surface area (Å²) in [5, 5.41) is 1.96. The van der Waals surface area contributed by atoms with Gasteiger partial charge in [-0.15, -0.1) is 0 Å². The number of hydrogen-bond acceptors (Lipinski definition) is 2. The Kier molecular flexibility index (Phi) is 2.50. The molecule has 0 N–H and O–H groups in total. The first-order chi connectivity index (χ1) is 6.83. The number of carbonyl (C=O) groups excluding carboxylic acids is 1. The average Bonchev–Trinajstić information content (AvgIpc) is 2.20. The van der Waals surface area contributed by atoms with Crippen molar-refractivity contribution in [3.63, 3.8) is 0 Å². The van der Waals surface area contributed by atoms with E-state index in [9.17, 15) is 4.79 Å². The van der Waals surface area contributed by atoms with Gasteiger partial charge in [-0.25, -0.2) is 0 Å². The first kappa shape index (κ1) is 9.21. The quantitative estimate of drug-likeness (QED) is 0.766. The van der Waals surface area contributed by atoms with Crippen LogP contribution in [0.25, 0.3) is 10.8 Å².